The lowest BCUT2D eigenvalue weighted by atomic mass is 9.97. The molecule has 2 N–H and O–H groups in total. The molecule has 4 nitrogen and oxygen atoms in total. The van der Waals surface area contributed by atoms with E-state index in [4.69, 9.17) is 5.73 Å². The maximum Gasteiger partial charge on any atom is 0.236 e. The Hall–Kier alpha value is -1.17. The maximum atomic E-state index is 13.6. The van der Waals surface area contributed by atoms with Gasteiger partial charge in [-0.15, -0.1) is 12.4 Å². The number of nitrogens with zero attached hydrogens (tertiary/aromatic N) is 2. The summed E-state index contributed by atoms with van der Waals surface area (Å²) in [6.07, 6.45) is 2.11. The first kappa shape index (κ1) is 18.9. The van der Waals surface area contributed by atoms with Crippen molar-refractivity contribution in [2.24, 2.45) is 11.7 Å². The molecule has 0 atom stereocenters. The highest BCUT2D eigenvalue weighted by Crippen LogP contribution is 2.16. The van der Waals surface area contributed by atoms with Crippen molar-refractivity contribution in [1.29, 1.82) is 0 Å². The molecule has 0 radical (unpaired) electrons. The van der Waals surface area contributed by atoms with Gasteiger partial charge in [0.1, 0.15) is 5.82 Å². The molecule has 124 valence electrons. The summed E-state index contributed by atoms with van der Waals surface area (Å²) in [5.74, 6) is 0.359. The third-order valence-electron chi connectivity index (χ3n) is 4.19. The minimum Gasteiger partial charge on any atom is -0.340 e. The van der Waals surface area contributed by atoms with Crippen LogP contribution in [0.3, 0.4) is 0 Å². The van der Waals surface area contributed by atoms with Gasteiger partial charge < -0.3 is 10.6 Å². The summed E-state index contributed by atoms with van der Waals surface area (Å²) in [6, 6.07) is 6.58. The molecule has 0 spiro atoms. The Labute approximate surface area is 137 Å². The summed E-state index contributed by atoms with van der Waals surface area (Å²) in [5.41, 5.74) is 6.22. The Morgan fingerprint density at radius 2 is 2.00 bits per heavy atom. The van der Waals surface area contributed by atoms with E-state index in [2.05, 4.69) is 4.90 Å². The normalized spacial score (nSPS) is 16.1. The van der Waals surface area contributed by atoms with E-state index in [9.17, 15) is 9.18 Å². The van der Waals surface area contributed by atoms with Crippen LogP contribution in [0.1, 0.15) is 18.4 Å². The van der Waals surface area contributed by atoms with Gasteiger partial charge in [-0.1, -0.05) is 18.2 Å². The number of rotatable bonds is 5. The van der Waals surface area contributed by atoms with Gasteiger partial charge in [0, 0.05) is 19.2 Å². The van der Waals surface area contributed by atoms with Gasteiger partial charge in [-0.05, 0) is 44.5 Å². The molecule has 1 fully saturated rings. The molecule has 0 bridgehead atoms. The number of hydrogen-bond donors (Lipinski definition) is 1. The summed E-state index contributed by atoms with van der Waals surface area (Å²) in [5, 5.41) is 0. The summed E-state index contributed by atoms with van der Waals surface area (Å²) < 4.78 is 13.6. The average molecular weight is 330 g/mol. The summed E-state index contributed by atoms with van der Waals surface area (Å²) >= 11 is 0. The van der Waals surface area contributed by atoms with E-state index in [1.54, 1.807) is 30.1 Å². The van der Waals surface area contributed by atoms with Crippen molar-refractivity contribution in [2.75, 3.05) is 33.2 Å². The number of benzene rings is 1. The highest BCUT2D eigenvalue weighted by atomic mass is 35.5. The first-order valence-electron chi connectivity index (χ1n) is 7.50. The lowest BCUT2D eigenvalue weighted by Gasteiger charge is -2.32. The Morgan fingerprint density at radius 1 is 1.36 bits per heavy atom. The first-order chi connectivity index (χ1) is 10.1. The molecule has 1 aliphatic rings. The van der Waals surface area contributed by atoms with Gasteiger partial charge in [0.05, 0.1) is 6.54 Å². The van der Waals surface area contributed by atoms with Crippen LogP contribution in [0.5, 0.6) is 0 Å². The molecule has 2 rings (SSSR count). The zero-order valence-corrected chi connectivity index (χ0v) is 13.8. The van der Waals surface area contributed by atoms with Crippen LogP contribution < -0.4 is 5.73 Å². The zero-order chi connectivity index (χ0) is 15.2. The molecule has 1 amide bonds. The third kappa shape index (κ3) is 5.23. The van der Waals surface area contributed by atoms with Crippen molar-refractivity contribution < 1.29 is 9.18 Å². The Morgan fingerprint density at radius 3 is 2.59 bits per heavy atom. The fraction of sp³-hybridized carbons (Fsp3) is 0.562. The van der Waals surface area contributed by atoms with E-state index in [0.29, 0.717) is 24.6 Å². The minimum absolute atomic E-state index is 0. The van der Waals surface area contributed by atoms with E-state index >= 15 is 0 Å². The van der Waals surface area contributed by atoms with Crippen LogP contribution in [-0.2, 0) is 11.3 Å². The predicted octanol–water partition coefficient (Wildman–Crippen LogP) is 1.88. The number of piperidine rings is 1. The predicted molar refractivity (Wildman–Crippen MR) is 88.3 cm³/mol. The van der Waals surface area contributed by atoms with Crippen LogP contribution in [0.25, 0.3) is 0 Å². The monoisotopic (exact) mass is 329 g/mol. The second-order valence-electron chi connectivity index (χ2n) is 5.80. The van der Waals surface area contributed by atoms with Crippen LogP contribution in [0.4, 0.5) is 4.39 Å². The first-order valence-corrected chi connectivity index (χ1v) is 7.50. The number of halogens is 2. The molecule has 0 unspecified atom stereocenters. The fourth-order valence-corrected chi connectivity index (χ4v) is 2.66. The van der Waals surface area contributed by atoms with E-state index < -0.39 is 0 Å². The lowest BCUT2D eigenvalue weighted by molar-refractivity contribution is -0.132. The smallest absolute Gasteiger partial charge is 0.236 e. The molecular weight excluding hydrogens is 305 g/mol. The molecule has 0 aromatic heterocycles. The van der Waals surface area contributed by atoms with E-state index in [0.717, 1.165) is 32.5 Å². The molecule has 0 saturated carbocycles. The molecule has 1 aromatic rings. The lowest BCUT2D eigenvalue weighted by Crippen LogP contribution is -2.43. The van der Waals surface area contributed by atoms with Gasteiger partial charge in [0.25, 0.3) is 0 Å². The van der Waals surface area contributed by atoms with Crippen molar-refractivity contribution >= 4 is 18.3 Å². The average Bonchev–Trinajstić information content (AvgIpc) is 2.50. The van der Waals surface area contributed by atoms with Crippen LogP contribution in [-0.4, -0.2) is 48.9 Å². The molecule has 6 heteroatoms. The van der Waals surface area contributed by atoms with Gasteiger partial charge >= 0.3 is 0 Å². The van der Waals surface area contributed by atoms with Gasteiger partial charge in [-0.3, -0.25) is 9.69 Å². The minimum atomic E-state index is -0.263. The van der Waals surface area contributed by atoms with Crippen molar-refractivity contribution in [2.45, 2.75) is 19.4 Å². The van der Waals surface area contributed by atoms with Crippen molar-refractivity contribution in [1.82, 2.24) is 9.80 Å². The second-order valence-corrected chi connectivity index (χ2v) is 5.80. The van der Waals surface area contributed by atoms with E-state index in [1.807, 2.05) is 0 Å². The third-order valence-corrected chi connectivity index (χ3v) is 4.19. The van der Waals surface area contributed by atoms with Gasteiger partial charge in [-0.2, -0.15) is 0 Å². The number of likely N-dealkylation sites (tertiary alicyclic amines) is 1. The number of amides is 1. The zero-order valence-electron chi connectivity index (χ0n) is 13.0. The molecule has 1 aliphatic heterocycles. The van der Waals surface area contributed by atoms with Crippen LogP contribution in [0.15, 0.2) is 24.3 Å². The largest absolute Gasteiger partial charge is 0.340 e. The van der Waals surface area contributed by atoms with E-state index in [-0.39, 0.29) is 24.1 Å². The Balaban J connectivity index is 0.00000242. The summed E-state index contributed by atoms with van der Waals surface area (Å²) in [4.78, 5) is 16.0. The standard InChI is InChI=1S/C16H24FN3O.ClH/c1-19(11-14-4-2-3-5-15(14)17)16(21)12-20-8-6-13(10-18)7-9-20;/h2-5,13H,6-12,18H2,1H3;1H. The Bertz CT molecular complexity index is 478. The molecule has 22 heavy (non-hydrogen) atoms. The molecule has 1 saturated heterocycles. The number of carbonyl (C=O) groups excluding carboxylic acids is 1. The molecule has 0 aliphatic carbocycles. The number of nitrogens with two attached hydrogens (primary N) is 1. The fourth-order valence-electron chi connectivity index (χ4n) is 2.66. The van der Waals surface area contributed by atoms with Gasteiger partial charge in [0.2, 0.25) is 5.91 Å². The van der Waals surface area contributed by atoms with Gasteiger partial charge in [-0.25, -0.2) is 4.39 Å². The molecule has 1 heterocycles. The topological polar surface area (TPSA) is 49.6 Å². The second kappa shape index (κ2) is 9.08. The van der Waals surface area contributed by atoms with E-state index in [1.165, 1.54) is 6.07 Å². The number of likely N-dealkylation sites (N-methyl/N-ethyl adjacent to an activating group) is 1. The highest BCUT2D eigenvalue weighted by molar-refractivity contribution is 5.85. The Kier molecular flexibility index (Phi) is 7.79. The molecule has 1 aromatic carbocycles. The van der Waals surface area contributed by atoms with Crippen LogP contribution in [0, 0.1) is 11.7 Å². The summed E-state index contributed by atoms with van der Waals surface area (Å²) in [7, 11) is 1.72. The van der Waals surface area contributed by atoms with Gasteiger partial charge in [0.15, 0.2) is 0 Å². The van der Waals surface area contributed by atoms with Crippen molar-refractivity contribution in [3.8, 4) is 0 Å². The summed E-state index contributed by atoms with van der Waals surface area (Å²) in [6.45, 7) is 3.28. The molecular formula is C16H25ClFN3O. The SMILES string of the molecule is CN(Cc1ccccc1F)C(=O)CN1CCC(CN)CC1.Cl. The maximum absolute atomic E-state index is 13.6. The van der Waals surface area contributed by atoms with Crippen molar-refractivity contribution in [3.05, 3.63) is 35.6 Å². The van der Waals surface area contributed by atoms with Crippen molar-refractivity contribution in [3.63, 3.8) is 0 Å². The quantitative estimate of drug-likeness (QED) is 0.897. The van der Waals surface area contributed by atoms with Crippen LogP contribution >= 0.6 is 12.4 Å². The highest BCUT2D eigenvalue weighted by Gasteiger charge is 2.21. The number of hydrogen-bond acceptors (Lipinski definition) is 3. The number of carbonyl (C=O) groups is 1. The van der Waals surface area contributed by atoms with Crippen LogP contribution in [0.2, 0.25) is 0 Å².